The number of rotatable bonds is 2. The Morgan fingerprint density at radius 3 is 2.58 bits per heavy atom. The zero-order chi connectivity index (χ0) is 9.14. The topological polar surface area (TPSA) is 69.1 Å². The lowest BCUT2D eigenvalue weighted by molar-refractivity contribution is 0.100. The quantitative estimate of drug-likeness (QED) is 0.717. The van der Waals surface area contributed by atoms with E-state index >= 15 is 0 Å². The number of halogens is 1. The maximum atomic E-state index is 10.7. The third-order valence-corrected chi connectivity index (χ3v) is 1.85. The minimum Gasteiger partial charge on any atom is -0.366 e. The lowest BCUT2D eigenvalue weighted by atomic mass is 10.1. The fourth-order valence-electron chi connectivity index (χ4n) is 0.885. The van der Waals surface area contributed by atoms with Crippen LogP contribution in [0.3, 0.4) is 0 Å². The molecule has 0 bridgehead atoms. The van der Waals surface area contributed by atoms with Gasteiger partial charge in [-0.25, -0.2) is 0 Å². The van der Waals surface area contributed by atoms with Crippen molar-refractivity contribution in [3.8, 4) is 0 Å². The molecule has 4 N–H and O–H groups in total. The average molecular weight is 185 g/mol. The molecule has 12 heavy (non-hydrogen) atoms. The van der Waals surface area contributed by atoms with Crippen LogP contribution in [0.1, 0.15) is 15.9 Å². The number of primary amides is 1. The third kappa shape index (κ3) is 1.75. The fourth-order valence-corrected chi connectivity index (χ4v) is 1.18. The van der Waals surface area contributed by atoms with Crippen molar-refractivity contribution in [2.75, 3.05) is 0 Å². The van der Waals surface area contributed by atoms with Crippen LogP contribution in [-0.2, 0) is 6.54 Å². The van der Waals surface area contributed by atoms with Crippen molar-refractivity contribution in [3.63, 3.8) is 0 Å². The van der Waals surface area contributed by atoms with E-state index in [1.165, 1.54) is 0 Å². The second-order valence-electron chi connectivity index (χ2n) is 2.38. The monoisotopic (exact) mass is 184 g/mol. The van der Waals surface area contributed by atoms with Crippen LogP contribution in [0, 0.1) is 0 Å². The SMILES string of the molecule is NCc1ccc(C(N)=O)c(Cl)c1. The van der Waals surface area contributed by atoms with Gasteiger partial charge < -0.3 is 11.5 Å². The molecule has 0 unspecified atom stereocenters. The molecule has 1 aromatic rings. The van der Waals surface area contributed by atoms with E-state index in [1.54, 1.807) is 18.2 Å². The van der Waals surface area contributed by atoms with E-state index in [0.717, 1.165) is 5.56 Å². The number of hydrogen-bond donors (Lipinski definition) is 2. The summed E-state index contributed by atoms with van der Waals surface area (Å²) in [5, 5.41) is 0.352. The fraction of sp³-hybridized carbons (Fsp3) is 0.125. The molecule has 0 atom stereocenters. The number of benzene rings is 1. The van der Waals surface area contributed by atoms with Crippen molar-refractivity contribution >= 4 is 17.5 Å². The number of carbonyl (C=O) groups is 1. The molecular weight excluding hydrogens is 176 g/mol. The third-order valence-electron chi connectivity index (χ3n) is 1.53. The van der Waals surface area contributed by atoms with Crippen LogP contribution in [0.25, 0.3) is 0 Å². The minimum atomic E-state index is -0.524. The van der Waals surface area contributed by atoms with Gasteiger partial charge in [0.05, 0.1) is 10.6 Å². The highest BCUT2D eigenvalue weighted by Gasteiger charge is 2.05. The summed E-state index contributed by atoms with van der Waals surface area (Å²) in [6, 6.07) is 4.94. The summed E-state index contributed by atoms with van der Waals surface area (Å²) in [5.41, 5.74) is 11.6. The van der Waals surface area contributed by atoms with E-state index < -0.39 is 5.91 Å². The molecular formula is C8H9ClN2O. The lowest BCUT2D eigenvalue weighted by Crippen LogP contribution is -2.11. The zero-order valence-electron chi connectivity index (χ0n) is 6.38. The van der Waals surface area contributed by atoms with E-state index in [9.17, 15) is 4.79 Å². The highest BCUT2D eigenvalue weighted by atomic mass is 35.5. The Labute approximate surface area is 75.3 Å². The smallest absolute Gasteiger partial charge is 0.250 e. The summed E-state index contributed by atoms with van der Waals surface area (Å²) < 4.78 is 0. The lowest BCUT2D eigenvalue weighted by Gasteiger charge is -2.01. The molecule has 1 rings (SSSR count). The Morgan fingerprint density at radius 1 is 1.50 bits per heavy atom. The summed E-state index contributed by atoms with van der Waals surface area (Å²) in [7, 11) is 0. The second kappa shape index (κ2) is 3.56. The van der Waals surface area contributed by atoms with E-state index in [4.69, 9.17) is 23.1 Å². The van der Waals surface area contributed by atoms with Gasteiger partial charge in [-0.2, -0.15) is 0 Å². The highest BCUT2D eigenvalue weighted by molar-refractivity contribution is 6.33. The van der Waals surface area contributed by atoms with Crippen LogP contribution in [0.15, 0.2) is 18.2 Å². The summed E-state index contributed by atoms with van der Waals surface area (Å²) in [5.74, 6) is -0.524. The summed E-state index contributed by atoms with van der Waals surface area (Å²) >= 11 is 5.75. The van der Waals surface area contributed by atoms with Crippen LogP contribution in [0.2, 0.25) is 5.02 Å². The summed E-state index contributed by atoms with van der Waals surface area (Å²) in [6.45, 7) is 0.402. The number of amides is 1. The van der Waals surface area contributed by atoms with Crippen LogP contribution >= 0.6 is 11.6 Å². The maximum absolute atomic E-state index is 10.7. The first-order chi connectivity index (χ1) is 5.65. The molecule has 1 aromatic carbocycles. The van der Waals surface area contributed by atoms with Gasteiger partial charge in [-0.3, -0.25) is 4.79 Å². The first-order valence-corrected chi connectivity index (χ1v) is 3.81. The molecule has 0 heterocycles. The Bertz CT molecular complexity index is 312. The molecule has 3 nitrogen and oxygen atoms in total. The molecule has 0 fully saturated rings. The molecule has 0 aliphatic rings. The largest absolute Gasteiger partial charge is 0.366 e. The maximum Gasteiger partial charge on any atom is 0.250 e. The van der Waals surface area contributed by atoms with Gasteiger partial charge in [-0.05, 0) is 17.7 Å². The van der Waals surface area contributed by atoms with Crippen LogP contribution in [0.5, 0.6) is 0 Å². The minimum absolute atomic E-state index is 0.328. The van der Waals surface area contributed by atoms with Gasteiger partial charge in [-0.1, -0.05) is 17.7 Å². The molecule has 0 aliphatic heterocycles. The van der Waals surface area contributed by atoms with Crippen molar-refractivity contribution in [1.82, 2.24) is 0 Å². The number of hydrogen-bond acceptors (Lipinski definition) is 2. The molecule has 0 aliphatic carbocycles. The van der Waals surface area contributed by atoms with Gasteiger partial charge in [0.25, 0.3) is 0 Å². The van der Waals surface area contributed by atoms with Crippen molar-refractivity contribution in [2.24, 2.45) is 11.5 Å². The van der Waals surface area contributed by atoms with Gasteiger partial charge in [0.2, 0.25) is 5.91 Å². The zero-order valence-corrected chi connectivity index (χ0v) is 7.14. The van der Waals surface area contributed by atoms with Crippen LogP contribution in [-0.4, -0.2) is 5.91 Å². The number of nitrogens with two attached hydrogens (primary N) is 2. The van der Waals surface area contributed by atoms with E-state index in [-0.39, 0.29) is 0 Å². The summed E-state index contributed by atoms with van der Waals surface area (Å²) in [6.07, 6.45) is 0. The molecule has 4 heteroatoms. The molecule has 0 spiro atoms. The predicted molar refractivity (Wildman–Crippen MR) is 47.9 cm³/mol. The molecule has 0 saturated heterocycles. The van der Waals surface area contributed by atoms with Gasteiger partial charge in [-0.15, -0.1) is 0 Å². The van der Waals surface area contributed by atoms with E-state index in [0.29, 0.717) is 17.1 Å². The summed E-state index contributed by atoms with van der Waals surface area (Å²) in [4.78, 5) is 10.7. The Kier molecular flexibility index (Phi) is 2.68. The molecule has 64 valence electrons. The molecule has 0 saturated carbocycles. The Morgan fingerprint density at radius 2 is 2.17 bits per heavy atom. The van der Waals surface area contributed by atoms with Gasteiger partial charge in [0, 0.05) is 6.54 Å². The first-order valence-electron chi connectivity index (χ1n) is 3.43. The van der Waals surface area contributed by atoms with Crippen molar-refractivity contribution in [1.29, 1.82) is 0 Å². The average Bonchev–Trinajstić information content (AvgIpc) is 2.03. The normalized spacial score (nSPS) is 9.83. The molecule has 0 aromatic heterocycles. The molecule has 0 radical (unpaired) electrons. The number of carbonyl (C=O) groups excluding carboxylic acids is 1. The highest BCUT2D eigenvalue weighted by Crippen LogP contribution is 2.16. The van der Waals surface area contributed by atoms with Crippen molar-refractivity contribution < 1.29 is 4.79 Å². The second-order valence-corrected chi connectivity index (χ2v) is 2.79. The Balaban J connectivity index is 3.12. The van der Waals surface area contributed by atoms with Crippen molar-refractivity contribution in [2.45, 2.75) is 6.54 Å². The van der Waals surface area contributed by atoms with Crippen LogP contribution < -0.4 is 11.5 Å². The molecule has 1 amide bonds. The Hall–Kier alpha value is -1.06. The van der Waals surface area contributed by atoms with Gasteiger partial charge >= 0.3 is 0 Å². The first kappa shape index (κ1) is 9.03. The standard InChI is InChI=1S/C8H9ClN2O/c9-7-3-5(4-10)1-2-6(7)8(11)12/h1-3H,4,10H2,(H2,11,12). The van der Waals surface area contributed by atoms with E-state index in [1.807, 2.05) is 0 Å². The van der Waals surface area contributed by atoms with E-state index in [2.05, 4.69) is 0 Å². The van der Waals surface area contributed by atoms with Gasteiger partial charge in [0.1, 0.15) is 0 Å². The van der Waals surface area contributed by atoms with Gasteiger partial charge in [0.15, 0.2) is 0 Å². The van der Waals surface area contributed by atoms with Crippen molar-refractivity contribution in [3.05, 3.63) is 34.3 Å². The predicted octanol–water partition coefficient (Wildman–Crippen LogP) is 0.898. The van der Waals surface area contributed by atoms with Crippen LogP contribution in [0.4, 0.5) is 0 Å².